The number of oxazole rings is 1. The number of amides is 2. The number of nitrogens with zero attached hydrogens (tertiary/aromatic N) is 4. The van der Waals surface area contributed by atoms with Crippen LogP contribution in [0.1, 0.15) is 32.4 Å². The van der Waals surface area contributed by atoms with E-state index in [1.165, 1.54) is 24.3 Å². The molecule has 0 aliphatic carbocycles. The van der Waals surface area contributed by atoms with E-state index in [0.29, 0.717) is 60.2 Å². The van der Waals surface area contributed by atoms with Crippen molar-refractivity contribution in [2.24, 2.45) is 0 Å². The zero-order valence-corrected chi connectivity index (χ0v) is 28.3. The molecular formula is C33H26Cl4N8O3. The van der Waals surface area contributed by atoms with Crippen LogP contribution >= 0.6 is 46.4 Å². The molecule has 11 nitrogen and oxygen atoms in total. The number of halogens is 4. The first kappa shape index (κ1) is 34.3. The highest BCUT2D eigenvalue weighted by atomic mass is 35.5. The quantitative estimate of drug-likeness (QED) is 0.124. The molecule has 0 radical (unpaired) electrons. The second-order valence-electron chi connectivity index (χ2n) is 10.2. The van der Waals surface area contributed by atoms with Gasteiger partial charge in [-0.2, -0.15) is 0 Å². The Labute approximate surface area is 294 Å². The van der Waals surface area contributed by atoms with Gasteiger partial charge in [-0.1, -0.05) is 88.0 Å². The van der Waals surface area contributed by atoms with Crippen LogP contribution in [0.15, 0.2) is 89.3 Å². The lowest BCUT2D eigenvalue weighted by molar-refractivity contribution is 0.101. The summed E-state index contributed by atoms with van der Waals surface area (Å²) < 4.78 is 7.17. The molecule has 0 atom stereocenters. The third-order valence-corrected chi connectivity index (χ3v) is 8.27. The van der Waals surface area contributed by atoms with Gasteiger partial charge in [-0.05, 0) is 62.4 Å². The third kappa shape index (κ3) is 7.72. The van der Waals surface area contributed by atoms with Crippen molar-refractivity contribution in [2.45, 2.75) is 13.8 Å². The summed E-state index contributed by atoms with van der Waals surface area (Å²) in [5.74, 6) is -0.0892. The van der Waals surface area contributed by atoms with Gasteiger partial charge in [-0.15, -0.1) is 5.10 Å². The zero-order valence-electron chi connectivity index (χ0n) is 25.3. The van der Waals surface area contributed by atoms with Gasteiger partial charge in [0.2, 0.25) is 5.89 Å². The summed E-state index contributed by atoms with van der Waals surface area (Å²) in [6.07, 6.45) is 0. The van der Waals surface area contributed by atoms with Crippen molar-refractivity contribution in [3.8, 4) is 17.1 Å². The summed E-state index contributed by atoms with van der Waals surface area (Å²) in [6, 6.07) is 24.7. The van der Waals surface area contributed by atoms with Crippen LogP contribution in [0.2, 0.25) is 20.1 Å². The number of nitrogens with one attached hydrogen (secondary N) is 2. The molecule has 0 saturated carbocycles. The Bertz CT molecular complexity index is 2050. The van der Waals surface area contributed by atoms with E-state index in [2.05, 4.69) is 25.9 Å². The van der Waals surface area contributed by atoms with Gasteiger partial charge in [0.25, 0.3) is 11.8 Å². The second kappa shape index (κ2) is 14.8. The molecule has 0 fully saturated rings. The number of carbonyl (C=O) groups excluding carboxylic acids is 2. The van der Waals surface area contributed by atoms with E-state index >= 15 is 0 Å². The number of aryl methyl sites for hydroxylation is 1. The highest BCUT2D eigenvalue weighted by Gasteiger charge is 2.20. The Balaban J connectivity index is 0.000000188. The molecule has 6 rings (SSSR count). The summed E-state index contributed by atoms with van der Waals surface area (Å²) in [6.45, 7) is 3.44. The summed E-state index contributed by atoms with van der Waals surface area (Å²) in [7, 11) is 0. The Kier molecular flexibility index (Phi) is 10.6. The van der Waals surface area contributed by atoms with E-state index in [4.69, 9.17) is 62.3 Å². The average molecular weight is 724 g/mol. The number of nitrogens with two attached hydrogens (primary N) is 2. The number of benzene rings is 4. The van der Waals surface area contributed by atoms with Gasteiger partial charge >= 0.3 is 0 Å². The van der Waals surface area contributed by atoms with Crippen molar-refractivity contribution in [3.63, 3.8) is 0 Å². The predicted molar refractivity (Wildman–Crippen MR) is 190 cm³/mol. The zero-order chi connectivity index (χ0) is 34.5. The Morgan fingerprint density at radius 2 is 1.19 bits per heavy atom. The molecule has 15 heteroatoms. The molecule has 0 unspecified atom stereocenters. The lowest BCUT2D eigenvalue weighted by atomic mass is 10.2. The van der Waals surface area contributed by atoms with E-state index in [-0.39, 0.29) is 11.4 Å². The van der Waals surface area contributed by atoms with Gasteiger partial charge in [0, 0.05) is 5.56 Å². The smallest absolute Gasteiger partial charge is 0.278 e. The van der Waals surface area contributed by atoms with Gasteiger partial charge in [0.1, 0.15) is 5.76 Å². The van der Waals surface area contributed by atoms with Crippen molar-refractivity contribution in [1.29, 1.82) is 0 Å². The molecular weight excluding hydrogens is 698 g/mol. The number of nitrogen functional groups attached to an aromatic ring is 2. The van der Waals surface area contributed by atoms with Crippen molar-refractivity contribution in [2.75, 3.05) is 22.1 Å². The predicted octanol–water partition coefficient (Wildman–Crippen LogP) is 8.51. The standard InChI is InChI=1S/C17H13Cl2N3O2.C16H13Cl2N5O/c1-9-15(22-17(24-9)10-5-3-2-4-6-10)16(23)21-14-8-12(19)11(18)7-13(14)20;1-9-15(21-22-23(9)10-5-3-2-4-6-10)16(24)20-14-8-12(18)11(17)7-13(14)19/h2-8H,20H2,1H3,(H,21,23);2-8H,19H2,1H3,(H,20,24). The molecule has 6 aromatic rings. The van der Waals surface area contributed by atoms with Gasteiger partial charge in [0.15, 0.2) is 11.4 Å². The minimum atomic E-state index is -0.441. The van der Waals surface area contributed by atoms with E-state index in [1.54, 1.807) is 18.5 Å². The SMILES string of the molecule is Cc1c(C(=O)Nc2cc(Cl)c(Cl)cc2N)nnn1-c1ccccc1.Cc1oc(-c2ccccc2)nc1C(=O)Nc1cc(Cl)c(Cl)cc1N. The minimum absolute atomic E-state index is 0.180. The topological polar surface area (TPSA) is 167 Å². The number of rotatable bonds is 6. The fraction of sp³-hybridized carbons (Fsp3) is 0.0606. The lowest BCUT2D eigenvalue weighted by Gasteiger charge is -2.09. The molecule has 0 saturated heterocycles. The number of para-hydroxylation sites is 1. The van der Waals surface area contributed by atoms with Crippen molar-refractivity contribution < 1.29 is 14.0 Å². The number of hydrogen-bond donors (Lipinski definition) is 4. The number of aromatic nitrogens is 4. The molecule has 0 aliphatic rings. The van der Waals surface area contributed by atoms with Crippen molar-refractivity contribution >= 4 is 81.0 Å². The normalized spacial score (nSPS) is 10.6. The van der Waals surface area contributed by atoms with Gasteiger partial charge in [-0.3, -0.25) is 9.59 Å². The van der Waals surface area contributed by atoms with Crippen LogP contribution in [0, 0.1) is 13.8 Å². The molecule has 0 aliphatic heterocycles. The molecule has 48 heavy (non-hydrogen) atoms. The fourth-order valence-electron chi connectivity index (χ4n) is 4.37. The molecule has 2 aromatic heterocycles. The molecule has 2 heterocycles. The van der Waals surface area contributed by atoms with Gasteiger partial charge in [-0.25, -0.2) is 9.67 Å². The minimum Gasteiger partial charge on any atom is -0.441 e. The van der Waals surface area contributed by atoms with Crippen molar-refractivity contribution in [3.05, 3.63) is 128 Å². The maximum absolute atomic E-state index is 12.5. The monoisotopic (exact) mass is 722 g/mol. The van der Waals surface area contributed by atoms with Crippen LogP contribution < -0.4 is 22.1 Å². The van der Waals surface area contributed by atoms with Crippen LogP contribution in [-0.2, 0) is 0 Å². The van der Waals surface area contributed by atoms with E-state index < -0.39 is 11.8 Å². The fourth-order valence-corrected chi connectivity index (χ4v) is 5.04. The first-order chi connectivity index (χ1) is 22.9. The van der Waals surface area contributed by atoms with Crippen molar-refractivity contribution in [1.82, 2.24) is 20.0 Å². The summed E-state index contributed by atoms with van der Waals surface area (Å²) in [4.78, 5) is 29.2. The number of anilines is 4. The number of hydrogen-bond acceptors (Lipinski definition) is 8. The molecule has 6 N–H and O–H groups in total. The lowest BCUT2D eigenvalue weighted by Crippen LogP contribution is -2.15. The van der Waals surface area contributed by atoms with Crippen LogP contribution in [0.25, 0.3) is 17.1 Å². The average Bonchev–Trinajstić information content (AvgIpc) is 3.66. The Morgan fingerprint density at radius 1 is 0.708 bits per heavy atom. The van der Waals surface area contributed by atoms with E-state index in [0.717, 1.165) is 11.3 Å². The maximum Gasteiger partial charge on any atom is 0.278 e. The summed E-state index contributed by atoms with van der Waals surface area (Å²) in [5, 5.41) is 14.6. The first-order valence-corrected chi connectivity index (χ1v) is 15.6. The third-order valence-electron chi connectivity index (χ3n) is 6.82. The van der Waals surface area contributed by atoms with Gasteiger partial charge in [0.05, 0.1) is 54.2 Å². The second-order valence-corrected chi connectivity index (χ2v) is 11.8. The van der Waals surface area contributed by atoms with Crippen LogP contribution in [0.3, 0.4) is 0 Å². The summed E-state index contributed by atoms with van der Waals surface area (Å²) in [5.41, 5.74) is 15.6. The number of carbonyl (C=O) groups is 2. The highest BCUT2D eigenvalue weighted by molar-refractivity contribution is 6.43. The molecule has 244 valence electrons. The summed E-state index contributed by atoms with van der Waals surface area (Å²) >= 11 is 23.7. The van der Waals surface area contributed by atoms with Crippen LogP contribution in [-0.4, -0.2) is 31.8 Å². The van der Waals surface area contributed by atoms with Gasteiger partial charge < -0.3 is 26.5 Å². The molecule has 0 spiro atoms. The molecule has 4 aromatic carbocycles. The largest absolute Gasteiger partial charge is 0.441 e. The van der Waals surface area contributed by atoms with E-state index in [9.17, 15) is 9.59 Å². The molecule has 0 bridgehead atoms. The Hall–Kier alpha value is -5.07. The Morgan fingerprint density at radius 3 is 1.73 bits per heavy atom. The highest BCUT2D eigenvalue weighted by Crippen LogP contribution is 2.32. The first-order valence-electron chi connectivity index (χ1n) is 14.0. The maximum atomic E-state index is 12.5. The molecule has 2 amide bonds. The van der Waals surface area contributed by atoms with E-state index in [1.807, 2.05) is 60.7 Å². The van der Waals surface area contributed by atoms with Crippen LogP contribution in [0.5, 0.6) is 0 Å². The van der Waals surface area contributed by atoms with Crippen LogP contribution in [0.4, 0.5) is 22.7 Å².